The van der Waals surface area contributed by atoms with Crippen LogP contribution in [0.3, 0.4) is 0 Å². The maximum absolute atomic E-state index is 13.6. The first-order valence-electron chi connectivity index (χ1n) is 9.75. The average molecular weight is 391 g/mol. The van der Waals surface area contributed by atoms with Gasteiger partial charge in [0, 0.05) is 42.7 Å². The number of nitrogens with one attached hydrogen (secondary N) is 1. The van der Waals surface area contributed by atoms with Crippen molar-refractivity contribution in [2.75, 3.05) is 11.9 Å². The van der Waals surface area contributed by atoms with Crippen molar-refractivity contribution in [1.82, 2.24) is 19.9 Å². The molecule has 1 aliphatic rings. The fourth-order valence-corrected chi connectivity index (χ4v) is 3.60. The third-order valence-electron chi connectivity index (χ3n) is 4.99. The Morgan fingerprint density at radius 3 is 2.79 bits per heavy atom. The van der Waals surface area contributed by atoms with E-state index < -0.39 is 0 Å². The zero-order chi connectivity index (χ0) is 20.2. The van der Waals surface area contributed by atoms with Gasteiger partial charge in [-0.1, -0.05) is 13.0 Å². The predicted octanol–water partition coefficient (Wildman–Crippen LogP) is 4.49. The van der Waals surface area contributed by atoms with Crippen LogP contribution in [0.4, 0.5) is 15.9 Å². The highest BCUT2D eigenvalue weighted by atomic mass is 19.1. The predicted molar refractivity (Wildman–Crippen MR) is 109 cm³/mol. The molecule has 3 aromatic rings. The Bertz CT molecular complexity index is 1010. The number of carbonyl (C=O) groups excluding carboxylic acids is 1. The zero-order valence-electron chi connectivity index (χ0n) is 16.2. The minimum Gasteiger partial charge on any atom is -0.340 e. The summed E-state index contributed by atoms with van der Waals surface area (Å²) in [6.07, 6.45) is 5.62. The number of rotatable bonds is 5. The van der Waals surface area contributed by atoms with Gasteiger partial charge in [0.2, 0.25) is 5.91 Å². The summed E-state index contributed by atoms with van der Waals surface area (Å²) in [5.41, 5.74) is 2.23. The van der Waals surface area contributed by atoms with Crippen LogP contribution in [0.2, 0.25) is 0 Å². The van der Waals surface area contributed by atoms with Gasteiger partial charge in [0.05, 0.1) is 11.7 Å². The Morgan fingerprint density at radius 1 is 1.21 bits per heavy atom. The van der Waals surface area contributed by atoms with E-state index in [1.54, 1.807) is 24.5 Å². The lowest BCUT2D eigenvalue weighted by Crippen LogP contribution is -2.30. The molecule has 2 aromatic heterocycles. The molecule has 4 rings (SSSR count). The molecule has 6 nitrogen and oxygen atoms in total. The molecular weight excluding hydrogens is 369 g/mol. The van der Waals surface area contributed by atoms with E-state index in [4.69, 9.17) is 4.98 Å². The zero-order valence-corrected chi connectivity index (χ0v) is 16.2. The van der Waals surface area contributed by atoms with E-state index in [0.29, 0.717) is 30.3 Å². The van der Waals surface area contributed by atoms with E-state index in [-0.39, 0.29) is 17.8 Å². The van der Waals surface area contributed by atoms with E-state index in [0.717, 1.165) is 24.1 Å². The first-order chi connectivity index (χ1) is 14.1. The molecule has 0 spiro atoms. The van der Waals surface area contributed by atoms with Gasteiger partial charge in [-0.25, -0.2) is 14.4 Å². The lowest BCUT2D eigenvalue weighted by atomic mass is 10.1. The number of amides is 1. The molecule has 1 saturated heterocycles. The Kier molecular flexibility index (Phi) is 5.46. The van der Waals surface area contributed by atoms with Gasteiger partial charge in [-0.05, 0) is 43.2 Å². The Balaban J connectivity index is 1.75. The van der Waals surface area contributed by atoms with Gasteiger partial charge in [-0.2, -0.15) is 0 Å². The smallest absolute Gasteiger partial charge is 0.222 e. The number of pyridine rings is 1. The van der Waals surface area contributed by atoms with Crippen LogP contribution >= 0.6 is 0 Å². The minimum atomic E-state index is -0.325. The van der Waals surface area contributed by atoms with Gasteiger partial charge >= 0.3 is 0 Å². The van der Waals surface area contributed by atoms with Crippen molar-refractivity contribution in [3.05, 3.63) is 66.5 Å². The van der Waals surface area contributed by atoms with Crippen LogP contribution in [-0.4, -0.2) is 32.3 Å². The van der Waals surface area contributed by atoms with Crippen LogP contribution in [0.1, 0.15) is 38.1 Å². The number of carbonyl (C=O) groups is 1. The highest BCUT2D eigenvalue weighted by Gasteiger charge is 2.31. The van der Waals surface area contributed by atoms with Crippen molar-refractivity contribution in [3.8, 4) is 11.3 Å². The number of halogens is 1. The van der Waals surface area contributed by atoms with Crippen molar-refractivity contribution < 1.29 is 9.18 Å². The van der Waals surface area contributed by atoms with Gasteiger partial charge in [0.1, 0.15) is 11.6 Å². The minimum absolute atomic E-state index is 0.102. The van der Waals surface area contributed by atoms with Crippen LogP contribution in [0.25, 0.3) is 11.3 Å². The molecule has 1 aromatic carbocycles. The maximum atomic E-state index is 13.6. The Morgan fingerprint density at radius 2 is 2.03 bits per heavy atom. The van der Waals surface area contributed by atoms with Gasteiger partial charge in [0.15, 0.2) is 5.82 Å². The van der Waals surface area contributed by atoms with E-state index in [1.807, 2.05) is 30.0 Å². The molecule has 1 amide bonds. The monoisotopic (exact) mass is 391 g/mol. The number of benzene rings is 1. The molecule has 148 valence electrons. The van der Waals surface area contributed by atoms with Crippen LogP contribution in [0.15, 0.2) is 54.9 Å². The summed E-state index contributed by atoms with van der Waals surface area (Å²) >= 11 is 0. The summed E-state index contributed by atoms with van der Waals surface area (Å²) in [4.78, 5) is 27.7. The lowest BCUT2D eigenvalue weighted by molar-refractivity contribution is -0.131. The second-order valence-electron chi connectivity index (χ2n) is 6.97. The van der Waals surface area contributed by atoms with Gasteiger partial charge in [0.25, 0.3) is 0 Å². The third-order valence-corrected chi connectivity index (χ3v) is 4.99. The van der Waals surface area contributed by atoms with E-state index in [9.17, 15) is 9.18 Å². The average Bonchev–Trinajstić information content (AvgIpc) is 3.24. The summed E-state index contributed by atoms with van der Waals surface area (Å²) in [5.74, 6) is 0.930. The molecule has 0 aliphatic carbocycles. The number of likely N-dealkylation sites (tertiary alicyclic amines) is 1. The highest BCUT2D eigenvalue weighted by Crippen LogP contribution is 2.33. The standard InChI is InChI=1S/C22H22FN5O/c1-2-21(29)28-12-4-7-19(28)22-26-18(15-8-10-24-11-9-15)14-20(27-22)25-17-6-3-5-16(23)13-17/h3,5-6,8-11,13-14,19H,2,4,7,12H2,1H3,(H,25,26,27)/t19-/m1/s1. The van der Waals surface area contributed by atoms with Crippen molar-refractivity contribution in [2.24, 2.45) is 0 Å². The van der Waals surface area contributed by atoms with Crippen molar-refractivity contribution in [2.45, 2.75) is 32.2 Å². The molecule has 1 aliphatic heterocycles. The molecule has 0 bridgehead atoms. The second kappa shape index (κ2) is 8.34. The van der Waals surface area contributed by atoms with E-state index >= 15 is 0 Å². The second-order valence-corrected chi connectivity index (χ2v) is 6.97. The third kappa shape index (κ3) is 4.23. The first kappa shape index (κ1) is 19.0. The maximum Gasteiger partial charge on any atom is 0.222 e. The van der Waals surface area contributed by atoms with Crippen molar-refractivity contribution >= 4 is 17.4 Å². The Hall–Kier alpha value is -3.35. The fraction of sp³-hybridized carbons (Fsp3) is 0.273. The van der Waals surface area contributed by atoms with Crippen molar-refractivity contribution in [3.63, 3.8) is 0 Å². The fourth-order valence-electron chi connectivity index (χ4n) is 3.60. The molecule has 0 unspecified atom stereocenters. The summed E-state index contributed by atoms with van der Waals surface area (Å²) in [6, 6.07) is 11.6. The molecule has 1 N–H and O–H groups in total. The number of hydrogen-bond donors (Lipinski definition) is 1. The topological polar surface area (TPSA) is 71.0 Å². The van der Waals surface area contributed by atoms with Gasteiger partial charge in [-0.15, -0.1) is 0 Å². The molecule has 3 heterocycles. The van der Waals surface area contributed by atoms with Crippen molar-refractivity contribution in [1.29, 1.82) is 0 Å². The number of anilines is 2. The summed E-state index contributed by atoms with van der Waals surface area (Å²) in [7, 11) is 0. The number of nitrogens with zero attached hydrogens (tertiary/aromatic N) is 4. The van der Waals surface area contributed by atoms with Gasteiger partial charge in [-0.3, -0.25) is 9.78 Å². The van der Waals surface area contributed by atoms with Crippen LogP contribution < -0.4 is 5.32 Å². The lowest BCUT2D eigenvalue weighted by Gasteiger charge is -2.24. The molecule has 29 heavy (non-hydrogen) atoms. The first-order valence-corrected chi connectivity index (χ1v) is 9.75. The molecular formula is C22H22FN5O. The number of aromatic nitrogens is 3. The van der Waals surface area contributed by atoms with Crippen LogP contribution in [-0.2, 0) is 4.79 Å². The number of hydrogen-bond acceptors (Lipinski definition) is 5. The molecule has 0 radical (unpaired) electrons. The van der Waals surface area contributed by atoms with E-state index in [2.05, 4.69) is 15.3 Å². The summed E-state index contributed by atoms with van der Waals surface area (Å²) in [5, 5.41) is 3.17. The molecule has 1 fully saturated rings. The normalized spacial score (nSPS) is 16.1. The van der Waals surface area contributed by atoms with E-state index in [1.165, 1.54) is 12.1 Å². The van der Waals surface area contributed by atoms with Gasteiger partial charge < -0.3 is 10.2 Å². The molecule has 7 heteroatoms. The molecule has 0 saturated carbocycles. The Labute approximate surface area is 168 Å². The summed E-state index contributed by atoms with van der Waals surface area (Å²) in [6.45, 7) is 2.58. The highest BCUT2D eigenvalue weighted by molar-refractivity contribution is 5.76. The van der Waals surface area contributed by atoms with Crippen LogP contribution in [0.5, 0.6) is 0 Å². The van der Waals surface area contributed by atoms with Crippen LogP contribution in [0, 0.1) is 5.82 Å². The quantitative estimate of drug-likeness (QED) is 0.694. The molecule has 1 atom stereocenters. The summed E-state index contributed by atoms with van der Waals surface area (Å²) < 4.78 is 13.6. The largest absolute Gasteiger partial charge is 0.340 e. The SMILES string of the molecule is CCC(=O)N1CCC[C@@H]1c1nc(Nc2cccc(F)c2)cc(-c2ccncc2)n1.